The number of rotatable bonds is 4. The zero-order valence-corrected chi connectivity index (χ0v) is 18.5. The molecule has 1 aromatic heterocycles. The van der Waals surface area contributed by atoms with Gasteiger partial charge in [-0.1, -0.05) is 0 Å². The van der Waals surface area contributed by atoms with E-state index in [0.29, 0.717) is 0 Å². The minimum Gasteiger partial charge on any atom is -1.00 e. The second-order valence-corrected chi connectivity index (χ2v) is 4.03. The van der Waals surface area contributed by atoms with Crippen LogP contribution in [0.25, 0.3) is 0 Å². The van der Waals surface area contributed by atoms with E-state index in [2.05, 4.69) is 34.0 Å². The summed E-state index contributed by atoms with van der Waals surface area (Å²) in [7, 11) is 0. The van der Waals surface area contributed by atoms with Crippen molar-refractivity contribution >= 4 is 11.4 Å². The molecule has 0 N–H and O–H groups in total. The molecule has 0 saturated carbocycles. The fourth-order valence-corrected chi connectivity index (χ4v) is 1.67. The van der Waals surface area contributed by atoms with Gasteiger partial charge in [0.25, 0.3) is 0 Å². The normalized spacial score (nSPS) is 10.5. The molecule has 7 heteroatoms. The summed E-state index contributed by atoms with van der Waals surface area (Å²) in [6.07, 6.45) is 0. The molecule has 1 rings (SSSR count). The van der Waals surface area contributed by atoms with Gasteiger partial charge in [0.2, 0.25) is 0 Å². The van der Waals surface area contributed by atoms with Crippen LogP contribution in [0.3, 0.4) is 0 Å². The number of pyridine rings is 1. The van der Waals surface area contributed by atoms with Crippen molar-refractivity contribution in [2.45, 2.75) is 34.6 Å². The third-order valence-electron chi connectivity index (χ3n) is 2.50. The SMILES string of the molecule is CCN=C(C)c1cc(C)cc(C(C)=NCC)n1.[Cl-].[Cl-].[Cl-].[Nd+3]. The molecule has 0 bridgehead atoms. The van der Waals surface area contributed by atoms with Gasteiger partial charge in [0.15, 0.2) is 0 Å². The molecule has 0 spiro atoms. The van der Waals surface area contributed by atoms with Crippen molar-refractivity contribution < 1.29 is 78.1 Å². The van der Waals surface area contributed by atoms with Crippen molar-refractivity contribution in [3.63, 3.8) is 0 Å². The number of aryl methyl sites for hydroxylation is 1. The predicted octanol–water partition coefficient (Wildman–Crippen LogP) is -5.94. The van der Waals surface area contributed by atoms with E-state index in [1.54, 1.807) is 0 Å². The van der Waals surface area contributed by atoms with Crippen LogP contribution in [0, 0.1) is 47.8 Å². The molecule has 0 aliphatic rings. The summed E-state index contributed by atoms with van der Waals surface area (Å²) >= 11 is 0. The molecule has 0 unspecified atom stereocenters. The van der Waals surface area contributed by atoms with Gasteiger partial charge < -0.3 is 37.2 Å². The summed E-state index contributed by atoms with van der Waals surface area (Å²) < 4.78 is 0. The zero-order chi connectivity index (χ0) is 12.8. The fourth-order valence-electron chi connectivity index (χ4n) is 1.67. The maximum Gasteiger partial charge on any atom is 3.00 e. The molecule has 3 nitrogen and oxygen atoms in total. The van der Waals surface area contributed by atoms with Crippen LogP contribution in [0.2, 0.25) is 0 Å². The molecule has 0 amide bonds. The minimum absolute atomic E-state index is 0. The summed E-state index contributed by atoms with van der Waals surface area (Å²) in [5.41, 5.74) is 5.07. The van der Waals surface area contributed by atoms with Gasteiger partial charge >= 0.3 is 40.8 Å². The van der Waals surface area contributed by atoms with Gasteiger partial charge in [0.1, 0.15) is 0 Å². The first-order valence-electron chi connectivity index (χ1n) is 6.10. The van der Waals surface area contributed by atoms with Crippen molar-refractivity contribution in [2.24, 2.45) is 9.98 Å². The Morgan fingerprint density at radius 1 is 0.905 bits per heavy atom. The first-order valence-corrected chi connectivity index (χ1v) is 6.10. The van der Waals surface area contributed by atoms with Crippen molar-refractivity contribution in [3.8, 4) is 0 Å². The molecule has 1 heterocycles. The van der Waals surface area contributed by atoms with Crippen LogP contribution in [0.1, 0.15) is 44.6 Å². The minimum atomic E-state index is 0. The predicted molar refractivity (Wildman–Crippen MR) is 74.5 cm³/mol. The molecule has 1 radical (unpaired) electrons. The average Bonchev–Trinajstić information content (AvgIpc) is 2.29. The maximum absolute atomic E-state index is 4.61. The topological polar surface area (TPSA) is 37.6 Å². The van der Waals surface area contributed by atoms with Crippen LogP contribution in [0.5, 0.6) is 0 Å². The summed E-state index contributed by atoms with van der Waals surface area (Å²) in [6, 6.07) is 4.13. The Labute approximate surface area is 179 Å². The van der Waals surface area contributed by atoms with Crippen LogP contribution in [0.15, 0.2) is 22.1 Å². The smallest absolute Gasteiger partial charge is 1.00 e. The summed E-state index contributed by atoms with van der Waals surface area (Å²) in [6.45, 7) is 11.7. The summed E-state index contributed by atoms with van der Waals surface area (Å²) in [5.74, 6) is 0. The van der Waals surface area contributed by atoms with E-state index in [9.17, 15) is 0 Å². The zero-order valence-electron chi connectivity index (χ0n) is 13.0. The van der Waals surface area contributed by atoms with E-state index >= 15 is 0 Å². The van der Waals surface area contributed by atoms with Gasteiger partial charge in [0.05, 0.1) is 22.8 Å². The third-order valence-corrected chi connectivity index (χ3v) is 2.50. The van der Waals surface area contributed by atoms with E-state index in [4.69, 9.17) is 0 Å². The molecule has 0 aliphatic heterocycles. The number of aromatic nitrogens is 1. The number of hydrogen-bond donors (Lipinski definition) is 0. The molecule has 0 atom stereocenters. The van der Waals surface area contributed by atoms with Gasteiger partial charge in [-0.05, 0) is 52.3 Å². The Morgan fingerprint density at radius 3 is 1.52 bits per heavy atom. The number of halogens is 3. The molecule has 21 heavy (non-hydrogen) atoms. The first kappa shape index (κ1) is 29.7. The summed E-state index contributed by atoms with van der Waals surface area (Å²) in [5, 5.41) is 0. The first-order chi connectivity index (χ1) is 8.08. The molecule has 0 fully saturated rings. The monoisotopic (exact) mass is 478 g/mol. The van der Waals surface area contributed by atoms with Crippen molar-refractivity contribution in [2.75, 3.05) is 13.1 Å². The van der Waals surface area contributed by atoms with Gasteiger partial charge in [-0.2, -0.15) is 0 Å². The molecule has 0 aromatic carbocycles. The second kappa shape index (κ2) is 15.6. The van der Waals surface area contributed by atoms with Gasteiger partial charge in [-0.3, -0.25) is 9.98 Å². The van der Waals surface area contributed by atoms with E-state index in [0.717, 1.165) is 35.9 Å². The molecule has 0 aliphatic carbocycles. The third kappa shape index (κ3) is 10.2. The average molecular weight is 482 g/mol. The molecular formula is C14H21Cl3N3Nd. The molecular weight excluding hydrogens is 461 g/mol. The molecule has 0 saturated heterocycles. The Balaban J connectivity index is -0.000000361. The Kier molecular flexibility index (Phi) is 22.1. The van der Waals surface area contributed by atoms with E-state index in [-0.39, 0.29) is 78.1 Å². The van der Waals surface area contributed by atoms with Crippen LogP contribution < -0.4 is 37.2 Å². The Morgan fingerprint density at radius 2 is 1.24 bits per heavy atom. The van der Waals surface area contributed by atoms with Crippen LogP contribution in [0.4, 0.5) is 0 Å². The van der Waals surface area contributed by atoms with E-state index in [1.807, 2.05) is 27.7 Å². The Hall–Kier alpha value is 0.711. The molecule has 117 valence electrons. The van der Waals surface area contributed by atoms with Gasteiger partial charge in [-0.25, -0.2) is 4.98 Å². The second-order valence-electron chi connectivity index (χ2n) is 4.03. The van der Waals surface area contributed by atoms with Crippen molar-refractivity contribution in [1.82, 2.24) is 4.98 Å². The number of nitrogens with zero attached hydrogens (tertiary/aromatic N) is 3. The quantitative estimate of drug-likeness (QED) is 0.395. The molecule has 1 aromatic rings. The van der Waals surface area contributed by atoms with Crippen LogP contribution in [-0.4, -0.2) is 29.5 Å². The van der Waals surface area contributed by atoms with Crippen LogP contribution >= 0.6 is 0 Å². The Bertz CT molecular complexity index is 425. The van der Waals surface area contributed by atoms with E-state index in [1.165, 1.54) is 5.56 Å². The largest absolute Gasteiger partial charge is 3.00 e. The van der Waals surface area contributed by atoms with Gasteiger partial charge in [0, 0.05) is 13.1 Å². The van der Waals surface area contributed by atoms with Crippen molar-refractivity contribution in [3.05, 3.63) is 29.1 Å². The van der Waals surface area contributed by atoms with Crippen LogP contribution in [-0.2, 0) is 0 Å². The number of aliphatic imine (C=N–C) groups is 2. The fraction of sp³-hybridized carbons (Fsp3) is 0.500. The number of hydrogen-bond acceptors (Lipinski definition) is 3. The van der Waals surface area contributed by atoms with Gasteiger partial charge in [-0.15, -0.1) is 0 Å². The summed E-state index contributed by atoms with van der Waals surface area (Å²) in [4.78, 5) is 13.4. The standard InChI is InChI=1S/C14H21N3.3ClH.Nd/c1-6-15-11(4)13-8-10(3)9-14(17-13)12(5)16-7-2;;;;/h8-9H,6-7H2,1-5H3;3*1H;/q;;;;+3/p-3. The van der Waals surface area contributed by atoms with Crippen molar-refractivity contribution in [1.29, 1.82) is 0 Å². The van der Waals surface area contributed by atoms with E-state index < -0.39 is 0 Å². The maximum atomic E-state index is 4.61.